The Kier molecular flexibility index (Phi) is 4.42. The van der Waals surface area contributed by atoms with E-state index in [9.17, 15) is 0 Å². The van der Waals surface area contributed by atoms with Gasteiger partial charge >= 0.3 is 0 Å². The summed E-state index contributed by atoms with van der Waals surface area (Å²) < 4.78 is 0. The largest absolute Gasteiger partial charge is 0.0809 e. The molecule has 0 aliphatic heterocycles. The van der Waals surface area contributed by atoms with Crippen LogP contribution in [-0.2, 0) is 0 Å². The molecule has 0 N–H and O–H groups in total. The minimum Gasteiger partial charge on any atom is -0.0809 e. The van der Waals surface area contributed by atoms with Gasteiger partial charge in [0, 0.05) is 5.92 Å². The van der Waals surface area contributed by atoms with Gasteiger partial charge in [-0.05, 0) is 35.2 Å². The van der Waals surface area contributed by atoms with Crippen molar-refractivity contribution < 1.29 is 0 Å². The number of benzene rings is 2. The molecule has 2 rings (SSSR count). The van der Waals surface area contributed by atoms with Crippen molar-refractivity contribution in [3.05, 3.63) is 54.5 Å². The molecule has 1 atom stereocenters. The van der Waals surface area contributed by atoms with E-state index >= 15 is 0 Å². The van der Waals surface area contributed by atoms with Gasteiger partial charge in [0.1, 0.15) is 0 Å². The third-order valence-electron chi connectivity index (χ3n) is 3.45. The molecule has 2 aromatic rings. The van der Waals surface area contributed by atoms with E-state index in [1.807, 2.05) is 0 Å². The predicted molar refractivity (Wildman–Crippen MR) is 78.0 cm³/mol. The number of fused-ring (bicyclic) bond motifs is 1. The molecule has 2 aromatic carbocycles. The minimum absolute atomic E-state index is 0.154. The Labute approximate surface area is 110 Å². The molecule has 0 amide bonds. The van der Waals surface area contributed by atoms with Crippen LogP contribution in [0.1, 0.15) is 44.1 Å². The van der Waals surface area contributed by atoms with Crippen molar-refractivity contribution in [1.29, 1.82) is 0 Å². The second kappa shape index (κ2) is 6.26. The molecule has 0 nitrogen and oxygen atoms in total. The number of unbranched alkanes of at least 4 members (excludes halogenated alkanes) is 2. The maximum absolute atomic E-state index is 7.49. The molecule has 0 fully saturated rings. The van der Waals surface area contributed by atoms with Crippen molar-refractivity contribution in [2.45, 2.75) is 38.5 Å². The van der Waals surface area contributed by atoms with Gasteiger partial charge in [-0.2, -0.15) is 0 Å². The van der Waals surface area contributed by atoms with Gasteiger partial charge in [0.2, 0.25) is 0 Å². The molecule has 0 spiro atoms. The molecule has 0 bridgehead atoms. The van der Waals surface area contributed by atoms with E-state index in [0.717, 1.165) is 6.42 Å². The van der Waals surface area contributed by atoms with E-state index in [0.29, 0.717) is 0 Å². The van der Waals surface area contributed by atoms with Crippen molar-refractivity contribution >= 4 is 10.8 Å². The normalized spacial score (nSPS) is 12.2. The van der Waals surface area contributed by atoms with Gasteiger partial charge < -0.3 is 0 Å². The van der Waals surface area contributed by atoms with E-state index in [4.69, 9.17) is 6.42 Å². The second-order valence-corrected chi connectivity index (χ2v) is 4.80. The summed E-state index contributed by atoms with van der Waals surface area (Å²) >= 11 is 0. The number of hydrogen-bond donors (Lipinski definition) is 0. The molecule has 0 aliphatic carbocycles. The molecule has 0 heterocycles. The van der Waals surface area contributed by atoms with Gasteiger partial charge in [-0.15, -0.1) is 0 Å². The summed E-state index contributed by atoms with van der Waals surface area (Å²) in [4.78, 5) is 0. The molecular formula is C18H19. The van der Waals surface area contributed by atoms with Crippen LogP contribution in [0.4, 0.5) is 0 Å². The molecule has 1 radical (unpaired) electrons. The van der Waals surface area contributed by atoms with Crippen LogP contribution in [0.15, 0.2) is 42.5 Å². The molecule has 0 heteroatoms. The highest BCUT2D eigenvalue weighted by atomic mass is 14.1. The van der Waals surface area contributed by atoms with Crippen LogP contribution in [0.5, 0.6) is 0 Å². The molecule has 0 saturated heterocycles. The molecule has 91 valence electrons. The first-order chi connectivity index (χ1) is 8.85. The van der Waals surface area contributed by atoms with E-state index in [-0.39, 0.29) is 5.92 Å². The molecule has 1 unspecified atom stereocenters. The Hall–Kier alpha value is -1.74. The summed E-state index contributed by atoms with van der Waals surface area (Å²) in [5, 5.41) is 2.52. The van der Waals surface area contributed by atoms with Crippen molar-refractivity contribution in [2.75, 3.05) is 0 Å². The van der Waals surface area contributed by atoms with Crippen molar-refractivity contribution in [1.82, 2.24) is 0 Å². The number of hydrogen-bond acceptors (Lipinski definition) is 0. The monoisotopic (exact) mass is 235 g/mol. The summed E-state index contributed by atoms with van der Waals surface area (Å²) in [6.07, 6.45) is 12.2. The van der Waals surface area contributed by atoms with Crippen LogP contribution in [0.3, 0.4) is 0 Å². The molecule has 0 aliphatic rings. The van der Waals surface area contributed by atoms with Gasteiger partial charge in [-0.1, -0.05) is 68.5 Å². The highest BCUT2D eigenvalue weighted by Gasteiger charge is 2.08. The zero-order chi connectivity index (χ0) is 12.8. The summed E-state index contributed by atoms with van der Waals surface area (Å²) in [6.45, 7) is 2.21. The molecule has 0 saturated carbocycles. The van der Waals surface area contributed by atoms with Crippen LogP contribution in [0.25, 0.3) is 10.8 Å². The lowest BCUT2D eigenvalue weighted by Crippen LogP contribution is -1.95. The third-order valence-corrected chi connectivity index (χ3v) is 3.45. The van der Waals surface area contributed by atoms with Crippen molar-refractivity contribution in [2.24, 2.45) is 0 Å². The van der Waals surface area contributed by atoms with E-state index in [1.165, 1.54) is 35.6 Å². The first kappa shape index (κ1) is 12.7. The van der Waals surface area contributed by atoms with Gasteiger partial charge in [-0.25, -0.2) is 0 Å². The Morgan fingerprint density at radius 1 is 1.06 bits per heavy atom. The summed E-state index contributed by atoms with van der Waals surface area (Å²) in [5.41, 5.74) is 1.22. The van der Waals surface area contributed by atoms with Gasteiger partial charge in [-0.3, -0.25) is 0 Å². The smallest absolute Gasteiger partial charge is 0.0462 e. The maximum atomic E-state index is 7.49. The fraction of sp³-hybridized carbons (Fsp3) is 0.333. The zero-order valence-electron chi connectivity index (χ0n) is 10.9. The minimum atomic E-state index is 0.154. The fourth-order valence-electron chi connectivity index (χ4n) is 2.35. The predicted octanol–water partition coefficient (Wildman–Crippen LogP) is 5.09. The first-order valence-electron chi connectivity index (χ1n) is 6.76. The molecule has 0 aromatic heterocycles. The van der Waals surface area contributed by atoms with Gasteiger partial charge in [0.15, 0.2) is 0 Å². The SMILES string of the molecule is [C]#CC(CCCCC)c1ccc2ccccc2c1. The Bertz CT molecular complexity index is 545. The van der Waals surface area contributed by atoms with Crippen LogP contribution in [-0.4, -0.2) is 0 Å². The Balaban J connectivity index is 2.20. The number of rotatable bonds is 5. The van der Waals surface area contributed by atoms with Crippen molar-refractivity contribution in [3.63, 3.8) is 0 Å². The highest BCUT2D eigenvalue weighted by Crippen LogP contribution is 2.25. The summed E-state index contributed by atoms with van der Waals surface area (Å²) in [6, 6.07) is 14.9. The van der Waals surface area contributed by atoms with Crippen LogP contribution < -0.4 is 0 Å². The zero-order valence-corrected chi connectivity index (χ0v) is 10.9. The lowest BCUT2D eigenvalue weighted by atomic mass is 9.92. The summed E-state index contributed by atoms with van der Waals surface area (Å²) in [5.74, 6) is 2.85. The quantitative estimate of drug-likeness (QED) is 0.500. The van der Waals surface area contributed by atoms with E-state index in [2.05, 4.69) is 55.3 Å². The van der Waals surface area contributed by atoms with E-state index < -0.39 is 0 Å². The molecule has 18 heavy (non-hydrogen) atoms. The average Bonchev–Trinajstić information content (AvgIpc) is 2.43. The Morgan fingerprint density at radius 3 is 2.56 bits per heavy atom. The van der Waals surface area contributed by atoms with Crippen LogP contribution >= 0.6 is 0 Å². The van der Waals surface area contributed by atoms with E-state index in [1.54, 1.807) is 0 Å². The standard InChI is InChI=1S/C18H19/c1-3-5-6-9-15(4-2)18-13-12-16-10-7-8-11-17(16)14-18/h7-8,10-15H,3,5-6,9H2,1H3. The Morgan fingerprint density at radius 2 is 1.83 bits per heavy atom. The fourth-order valence-corrected chi connectivity index (χ4v) is 2.35. The van der Waals surface area contributed by atoms with Gasteiger partial charge in [0.05, 0.1) is 0 Å². The van der Waals surface area contributed by atoms with Crippen LogP contribution in [0, 0.1) is 12.3 Å². The van der Waals surface area contributed by atoms with Gasteiger partial charge in [0.25, 0.3) is 0 Å². The third kappa shape index (κ3) is 2.93. The van der Waals surface area contributed by atoms with Crippen LogP contribution in [0.2, 0.25) is 0 Å². The molecular weight excluding hydrogens is 216 g/mol. The second-order valence-electron chi connectivity index (χ2n) is 4.80. The lowest BCUT2D eigenvalue weighted by molar-refractivity contribution is 0.637. The average molecular weight is 235 g/mol. The lowest BCUT2D eigenvalue weighted by Gasteiger charge is -2.11. The highest BCUT2D eigenvalue weighted by molar-refractivity contribution is 5.83. The maximum Gasteiger partial charge on any atom is 0.0462 e. The topological polar surface area (TPSA) is 0 Å². The first-order valence-corrected chi connectivity index (χ1v) is 6.76. The summed E-state index contributed by atoms with van der Waals surface area (Å²) in [7, 11) is 0. The van der Waals surface area contributed by atoms with Crippen molar-refractivity contribution in [3.8, 4) is 5.92 Å².